The number of carbonyl (C=O) groups is 3. The average molecular weight is 415 g/mol. The minimum absolute atomic E-state index is 0.0308. The summed E-state index contributed by atoms with van der Waals surface area (Å²) in [6.07, 6.45) is 8.00. The van der Waals surface area contributed by atoms with Crippen LogP contribution in [0.1, 0.15) is 68.6 Å². The zero-order chi connectivity index (χ0) is 20.6. The van der Waals surface area contributed by atoms with Gasteiger partial charge >= 0.3 is 0 Å². The minimum atomic E-state index is -0.525. The van der Waals surface area contributed by atoms with E-state index in [1.54, 1.807) is 24.3 Å². The lowest BCUT2D eigenvalue weighted by Gasteiger charge is -2.09. The molecule has 1 aromatic carbocycles. The molecule has 0 unspecified atom stereocenters. The summed E-state index contributed by atoms with van der Waals surface area (Å²) in [5.41, 5.74) is 2.26. The van der Waals surface area contributed by atoms with E-state index in [0.717, 1.165) is 31.4 Å². The van der Waals surface area contributed by atoms with Gasteiger partial charge in [-0.15, -0.1) is 5.10 Å². The standard InChI is InChI=1S/C21H26N4O3S/c1-14(26)15-9-11-16(12-10-15)22-19(27)13-18-20(28)23-21(29-18)25-24-17-7-5-3-2-4-6-8-17/h9-12,18H,2-8,13H2,1H3,(H,22,27)(H,23,25,28)/t18-/m1/s1. The molecule has 1 saturated carbocycles. The maximum Gasteiger partial charge on any atom is 0.240 e. The van der Waals surface area contributed by atoms with Crippen molar-refractivity contribution in [3.63, 3.8) is 0 Å². The second kappa shape index (κ2) is 10.3. The van der Waals surface area contributed by atoms with E-state index in [0.29, 0.717) is 16.4 Å². The lowest BCUT2D eigenvalue weighted by atomic mass is 9.99. The maximum atomic E-state index is 12.3. The quantitative estimate of drug-likeness (QED) is 0.564. The number of anilines is 1. The molecule has 3 rings (SSSR count). The van der Waals surface area contributed by atoms with Crippen molar-refractivity contribution in [2.45, 2.75) is 63.5 Å². The Balaban J connectivity index is 1.53. The molecule has 1 aromatic rings. The van der Waals surface area contributed by atoms with E-state index >= 15 is 0 Å². The Kier molecular flexibility index (Phi) is 7.57. The zero-order valence-corrected chi connectivity index (χ0v) is 17.4. The second-order valence-electron chi connectivity index (χ2n) is 7.32. The van der Waals surface area contributed by atoms with Crippen molar-refractivity contribution < 1.29 is 14.4 Å². The van der Waals surface area contributed by atoms with Gasteiger partial charge in [0.2, 0.25) is 11.8 Å². The first-order chi connectivity index (χ1) is 14.0. The van der Waals surface area contributed by atoms with Gasteiger partial charge in [-0.05, 0) is 56.9 Å². The molecule has 1 saturated heterocycles. The Hall–Kier alpha value is -2.48. The summed E-state index contributed by atoms with van der Waals surface area (Å²) in [6, 6.07) is 6.67. The van der Waals surface area contributed by atoms with E-state index < -0.39 is 5.25 Å². The number of thioether (sulfide) groups is 1. The molecule has 2 aliphatic rings. The number of hydrogen-bond donors (Lipinski definition) is 2. The summed E-state index contributed by atoms with van der Waals surface area (Å²) >= 11 is 1.24. The fourth-order valence-corrected chi connectivity index (χ4v) is 4.20. The molecular weight excluding hydrogens is 388 g/mol. The smallest absolute Gasteiger partial charge is 0.240 e. The highest BCUT2D eigenvalue weighted by Crippen LogP contribution is 2.24. The first kappa shape index (κ1) is 21.2. The third kappa shape index (κ3) is 6.52. The van der Waals surface area contributed by atoms with Gasteiger partial charge in [0.15, 0.2) is 11.0 Å². The van der Waals surface area contributed by atoms with Crippen molar-refractivity contribution in [2.75, 3.05) is 5.32 Å². The fraction of sp³-hybridized carbons (Fsp3) is 0.476. The predicted octanol–water partition coefficient (Wildman–Crippen LogP) is 3.91. The van der Waals surface area contributed by atoms with Gasteiger partial charge in [-0.25, -0.2) is 0 Å². The molecule has 2 fully saturated rings. The molecule has 1 aliphatic carbocycles. The van der Waals surface area contributed by atoms with Crippen LogP contribution in [0.4, 0.5) is 5.69 Å². The lowest BCUT2D eigenvalue weighted by molar-refractivity contribution is -0.122. The Morgan fingerprint density at radius 2 is 1.72 bits per heavy atom. The van der Waals surface area contributed by atoms with Crippen molar-refractivity contribution in [3.8, 4) is 0 Å². The van der Waals surface area contributed by atoms with Crippen LogP contribution in [0, 0.1) is 0 Å². The first-order valence-corrected chi connectivity index (χ1v) is 10.9. The Bertz CT molecular complexity index is 823. The van der Waals surface area contributed by atoms with Gasteiger partial charge in [0.05, 0.1) is 0 Å². The summed E-state index contributed by atoms with van der Waals surface area (Å²) in [5.74, 6) is -0.522. The molecule has 2 amide bonds. The van der Waals surface area contributed by atoms with Gasteiger partial charge in [-0.1, -0.05) is 31.0 Å². The van der Waals surface area contributed by atoms with Crippen LogP contribution in [0.25, 0.3) is 0 Å². The molecule has 0 radical (unpaired) electrons. The lowest BCUT2D eigenvalue weighted by Crippen LogP contribution is -2.28. The van der Waals surface area contributed by atoms with Crippen molar-refractivity contribution in [1.82, 2.24) is 5.32 Å². The number of amides is 2. The molecule has 0 spiro atoms. The van der Waals surface area contributed by atoms with Gasteiger partial charge in [-0.2, -0.15) is 5.10 Å². The zero-order valence-electron chi connectivity index (χ0n) is 16.6. The number of rotatable bonds is 5. The van der Waals surface area contributed by atoms with Crippen LogP contribution in [0.3, 0.4) is 0 Å². The summed E-state index contributed by atoms with van der Waals surface area (Å²) in [7, 11) is 0. The van der Waals surface area contributed by atoms with Crippen LogP contribution >= 0.6 is 11.8 Å². The van der Waals surface area contributed by atoms with Crippen molar-refractivity contribution in [1.29, 1.82) is 0 Å². The highest BCUT2D eigenvalue weighted by atomic mass is 32.2. The maximum absolute atomic E-state index is 12.3. The molecule has 154 valence electrons. The van der Waals surface area contributed by atoms with E-state index in [1.165, 1.54) is 37.9 Å². The highest BCUT2D eigenvalue weighted by molar-refractivity contribution is 8.15. The number of Topliss-reactive ketones (excluding diaryl/α,β-unsaturated/α-hetero) is 1. The Labute approximate surface area is 174 Å². The van der Waals surface area contributed by atoms with Crippen LogP contribution < -0.4 is 10.6 Å². The summed E-state index contributed by atoms with van der Waals surface area (Å²) in [4.78, 5) is 35.7. The monoisotopic (exact) mass is 414 g/mol. The van der Waals surface area contributed by atoms with E-state index in [9.17, 15) is 14.4 Å². The SMILES string of the molecule is CC(=O)c1ccc(NC(=O)C[C@H]2S/C(=N/N=C3CCCCCCC3)NC2=O)cc1. The van der Waals surface area contributed by atoms with Gasteiger partial charge in [0, 0.05) is 23.4 Å². The largest absolute Gasteiger partial charge is 0.326 e. The first-order valence-electron chi connectivity index (χ1n) is 10.0. The predicted molar refractivity (Wildman–Crippen MR) is 116 cm³/mol. The van der Waals surface area contributed by atoms with E-state index in [2.05, 4.69) is 20.8 Å². The van der Waals surface area contributed by atoms with Crippen LogP contribution in [-0.4, -0.2) is 33.7 Å². The number of amidine groups is 1. The molecule has 29 heavy (non-hydrogen) atoms. The number of nitrogens with one attached hydrogen (secondary N) is 2. The second-order valence-corrected chi connectivity index (χ2v) is 8.51. The van der Waals surface area contributed by atoms with Gasteiger partial charge in [0.25, 0.3) is 0 Å². The van der Waals surface area contributed by atoms with Crippen molar-refractivity contribution >= 4 is 45.9 Å². The highest BCUT2D eigenvalue weighted by Gasteiger charge is 2.32. The number of hydrogen-bond acceptors (Lipinski definition) is 6. The molecule has 7 nitrogen and oxygen atoms in total. The third-order valence-corrected chi connectivity index (χ3v) is 6.01. The number of benzene rings is 1. The molecular formula is C21H26N4O3S. The molecule has 2 N–H and O–H groups in total. The topological polar surface area (TPSA) is 100.0 Å². The van der Waals surface area contributed by atoms with E-state index in [-0.39, 0.29) is 24.0 Å². The summed E-state index contributed by atoms with van der Waals surface area (Å²) in [6.45, 7) is 1.49. The van der Waals surface area contributed by atoms with Crippen molar-refractivity contribution in [3.05, 3.63) is 29.8 Å². The van der Waals surface area contributed by atoms with Crippen LogP contribution in [-0.2, 0) is 9.59 Å². The van der Waals surface area contributed by atoms with Crippen LogP contribution in [0.5, 0.6) is 0 Å². The van der Waals surface area contributed by atoms with Gasteiger partial charge in [-0.3, -0.25) is 14.4 Å². The number of carbonyl (C=O) groups excluding carboxylic acids is 3. The van der Waals surface area contributed by atoms with E-state index in [4.69, 9.17) is 0 Å². The molecule has 0 aromatic heterocycles. The number of nitrogens with zero attached hydrogens (tertiary/aromatic N) is 2. The van der Waals surface area contributed by atoms with Crippen molar-refractivity contribution in [2.24, 2.45) is 10.2 Å². The average Bonchev–Trinajstić information content (AvgIpc) is 3.00. The minimum Gasteiger partial charge on any atom is -0.326 e. The Morgan fingerprint density at radius 1 is 1.07 bits per heavy atom. The molecule has 1 aliphatic heterocycles. The molecule has 1 heterocycles. The van der Waals surface area contributed by atoms with Gasteiger partial charge in [0.1, 0.15) is 5.25 Å². The van der Waals surface area contributed by atoms with E-state index in [1.807, 2.05) is 0 Å². The Morgan fingerprint density at radius 3 is 2.38 bits per heavy atom. The molecule has 8 heteroatoms. The van der Waals surface area contributed by atoms with Gasteiger partial charge < -0.3 is 10.6 Å². The summed E-state index contributed by atoms with van der Waals surface area (Å²) in [5, 5.41) is 13.9. The van der Waals surface area contributed by atoms with Crippen LogP contribution in [0.15, 0.2) is 34.5 Å². The molecule has 1 atom stereocenters. The molecule has 0 bridgehead atoms. The third-order valence-electron chi connectivity index (χ3n) is 4.94. The fourth-order valence-electron chi connectivity index (χ4n) is 3.28. The summed E-state index contributed by atoms with van der Waals surface area (Å²) < 4.78 is 0. The normalized spacial score (nSPS) is 21.3. The number of ketones is 1. The van der Waals surface area contributed by atoms with Crippen LogP contribution in [0.2, 0.25) is 0 Å².